The lowest BCUT2D eigenvalue weighted by Crippen LogP contribution is -2.35. The quantitative estimate of drug-likeness (QED) is 0.192. The molecule has 0 radical (unpaired) electrons. The SMILES string of the molecule is c1ccc2cc3c(cc2c1)oc1cc(C2=NC(n4c5ccccc5c5ccccc54)=NC(c4ccc5sc6ccccc6c5c4)N2)c(-n2c4ccccc4c4cc5ccccc5cc42)cc13. The number of nitrogens with zero attached hydrogens (tertiary/aromatic N) is 4. The fourth-order valence-electron chi connectivity index (χ4n) is 10.7. The van der Waals surface area contributed by atoms with Crippen LogP contribution in [0.4, 0.5) is 0 Å². The lowest BCUT2D eigenvalue weighted by atomic mass is 10.0. The molecule has 0 aliphatic carbocycles. The fraction of sp³-hybridized carbons (Fsp3) is 0.0169. The molecule has 7 heteroatoms. The van der Waals surface area contributed by atoms with Crippen molar-refractivity contribution in [3.05, 3.63) is 211 Å². The normalized spacial score (nSPS) is 14.5. The summed E-state index contributed by atoms with van der Waals surface area (Å²) in [5.41, 5.74) is 8.92. The third kappa shape index (κ3) is 5.17. The highest BCUT2D eigenvalue weighted by molar-refractivity contribution is 7.25. The van der Waals surface area contributed by atoms with Crippen LogP contribution in [0.25, 0.3) is 113 Å². The summed E-state index contributed by atoms with van der Waals surface area (Å²) >= 11 is 1.82. The molecular formula is C59H35N5OS. The number of hydrogen-bond donors (Lipinski definition) is 1. The Kier molecular flexibility index (Phi) is 7.34. The van der Waals surface area contributed by atoms with E-state index in [0.29, 0.717) is 11.8 Å². The van der Waals surface area contributed by atoms with E-state index in [1.807, 2.05) is 11.3 Å². The van der Waals surface area contributed by atoms with Crippen molar-refractivity contribution in [2.45, 2.75) is 6.17 Å². The molecule has 6 nitrogen and oxygen atoms in total. The van der Waals surface area contributed by atoms with E-state index < -0.39 is 6.17 Å². The maximum atomic E-state index is 6.88. The molecule has 1 aliphatic heterocycles. The minimum atomic E-state index is -0.470. The minimum Gasteiger partial charge on any atom is -0.456 e. The second kappa shape index (κ2) is 13.5. The average molecular weight is 862 g/mol. The van der Waals surface area contributed by atoms with Crippen molar-refractivity contribution in [1.29, 1.82) is 0 Å². The summed E-state index contributed by atoms with van der Waals surface area (Å²) in [4.78, 5) is 11.2. The van der Waals surface area contributed by atoms with Crippen LogP contribution in [-0.2, 0) is 0 Å². The van der Waals surface area contributed by atoms with Gasteiger partial charge in [0.05, 0.1) is 27.8 Å². The summed E-state index contributed by atoms with van der Waals surface area (Å²) in [5.74, 6) is 1.31. The van der Waals surface area contributed by atoms with Crippen molar-refractivity contribution in [3.8, 4) is 5.69 Å². The molecule has 10 aromatic carbocycles. The minimum absolute atomic E-state index is 0.470. The summed E-state index contributed by atoms with van der Waals surface area (Å²) in [6.07, 6.45) is -0.470. The van der Waals surface area contributed by atoms with Crippen LogP contribution in [0.15, 0.2) is 215 Å². The number of benzene rings is 10. The number of hydrogen-bond acceptors (Lipinski definition) is 5. The molecular weight excluding hydrogens is 827 g/mol. The first-order chi connectivity index (χ1) is 32.7. The van der Waals surface area contributed by atoms with Crippen molar-refractivity contribution in [3.63, 3.8) is 0 Å². The zero-order valence-corrected chi connectivity index (χ0v) is 36.1. The van der Waals surface area contributed by atoms with Gasteiger partial charge in [-0.3, -0.25) is 4.57 Å². The molecule has 1 aliphatic rings. The Morgan fingerprint density at radius 1 is 0.424 bits per heavy atom. The Hall–Kier alpha value is -8.52. The van der Waals surface area contributed by atoms with Crippen LogP contribution in [0, 0.1) is 0 Å². The summed E-state index contributed by atoms with van der Waals surface area (Å²) < 4.78 is 14.1. The van der Waals surface area contributed by atoms with E-state index >= 15 is 0 Å². The average Bonchev–Trinajstić information content (AvgIpc) is 4.11. The lowest BCUT2D eigenvalue weighted by molar-refractivity contribution is 0.665. The highest BCUT2D eigenvalue weighted by Gasteiger charge is 2.28. The number of rotatable bonds is 3. The van der Waals surface area contributed by atoms with Crippen molar-refractivity contribution < 1.29 is 4.42 Å². The van der Waals surface area contributed by atoms with Crippen LogP contribution in [0.2, 0.25) is 0 Å². The molecule has 0 amide bonds. The molecule has 5 heterocycles. The fourth-order valence-corrected chi connectivity index (χ4v) is 11.8. The van der Waals surface area contributed by atoms with Gasteiger partial charge < -0.3 is 14.3 Å². The molecule has 4 aromatic heterocycles. The summed E-state index contributed by atoms with van der Waals surface area (Å²) in [5, 5.41) is 17.9. The van der Waals surface area contributed by atoms with Crippen molar-refractivity contribution in [2.24, 2.45) is 9.98 Å². The molecule has 0 spiro atoms. The predicted molar refractivity (Wildman–Crippen MR) is 277 cm³/mol. The van der Waals surface area contributed by atoms with Gasteiger partial charge in [-0.05, 0) is 99.9 Å². The van der Waals surface area contributed by atoms with E-state index in [1.54, 1.807) is 0 Å². The van der Waals surface area contributed by atoms with Gasteiger partial charge in [0.1, 0.15) is 23.2 Å². The molecule has 308 valence electrons. The number of para-hydroxylation sites is 3. The van der Waals surface area contributed by atoms with Crippen LogP contribution >= 0.6 is 11.3 Å². The predicted octanol–water partition coefficient (Wildman–Crippen LogP) is 15.4. The second-order valence-electron chi connectivity index (χ2n) is 17.4. The van der Waals surface area contributed by atoms with E-state index in [4.69, 9.17) is 14.4 Å². The van der Waals surface area contributed by atoms with Crippen LogP contribution in [-0.4, -0.2) is 20.9 Å². The van der Waals surface area contributed by atoms with Gasteiger partial charge in [0.25, 0.3) is 0 Å². The molecule has 1 unspecified atom stereocenters. The maximum absolute atomic E-state index is 6.88. The smallest absolute Gasteiger partial charge is 0.234 e. The number of thiophene rings is 1. The molecule has 0 fully saturated rings. The highest BCUT2D eigenvalue weighted by atomic mass is 32.1. The molecule has 1 atom stereocenters. The molecule has 0 saturated heterocycles. The van der Waals surface area contributed by atoms with Gasteiger partial charge in [0.2, 0.25) is 5.96 Å². The van der Waals surface area contributed by atoms with Crippen LogP contribution < -0.4 is 5.32 Å². The third-order valence-electron chi connectivity index (χ3n) is 13.7. The third-order valence-corrected chi connectivity index (χ3v) is 14.9. The summed E-state index contributed by atoms with van der Waals surface area (Å²) in [6.45, 7) is 0. The Balaban J connectivity index is 1.05. The van der Waals surface area contributed by atoms with Gasteiger partial charge in [-0.1, -0.05) is 127 Å². The molecule has 0 bridgehead atoms. The Morgan fingerprint density at radius 2 is 0.970 bits per heavy atom. The molecule has 14 aromatic rings. The lowest BCUT2D eigenvalue weighted by Gasteiger charge is -2.26. The molecule has 0 saturated carbocycles. The zero-order chi connectivity index (χ0) is 43.0. The van der Waals surface area contributed by atoms with Crippen LogP contribution in [0.5, 0.6) is 0 Å². The first-order valence-electron chi connectivity index (χ1n) is 22.3. The van der Waals surface area contributed by atoms with Gasteiger partial charge in [0, 0.05) is 58.1 Å². The number of fused-ring (bicyclic) bond motifs is 14. The number of amidine groups is 1. The largest absolute Gasteiger partial charge is 0.456 e. The van der Waals surface area contributed by atoms with Gasteiger partial charge in [0.15, 0.2) is 0 Å². The van der Waals surface area contributed by atoms with Crippen molar-refractivity contribution in [2.75, 3.05) is 0 Å². The van der Waals surface area contributed by atoms with Gasteiger partial charge in [-0.25, -0.2) is 4.99 Å². The van der Waals surface area contributed by atoms with E-state index in [0.717, 1.165) is 77.0 Å². The van der Waals surface area contributed by atoms with E-state index in [9.17, 15) is 0 Å². The van der Waals surface area contributed by atoms with Crippen LogP contribution in [0.1, 0.15) is 17.3 Å². The first kappa shape index (κ1) is 35.9. The van der Waals surface area contributed by atoms with E-state index in [-0.39, 0.29) is 0 Å². The Bertz CT molecular complexity index is 4410. The molecule has 15 rings (SSSR count). The zero-order valence-electron chi connectivity index (χ0n) is 35.2. The topological polar surface area (TPSA) is 59.8 Å². The Labute approximate surface area is 380 Å². The van der Waals surface area contributed by atoms with Gasteiger partial charge >= 0.3 is 0 Å². The Morgan fingerprint density at radius 3 is 1.70 bits per heavy atom. The van der Waals surface area contributed by atoms with Gasteiger partial charge in [-0.15, -0.1) is 11.3 Å². The second-order valence-corrected chi connectivity index (χ2v) is 18.5. The maximum Gasteiger partial charge on any atom is 0.234 e. The number of aliphatic imine (C=N–C) groups is 2. The number of furan rings is 1. The monoisotopic (exact) mass is 861 g/mol. The number of nitrogens with one attached hydrogen (secondary N) is 1. The first-order valence-corrected chi connectivity index (χ1v) is 23.1. The van der Waals surface area contributed by atoms with E-state index in [2.05, 4.69) is 215 Å². The summed E-state index contributed by atoms with van der Waals surface area (Å²) in [6, 6.07) is 72.1. The van der Waals surface area contributed by atoms with Crippen LogP contribution in [0.3, 0.4) is 0 Å². The van der Waals surface area contributed by atoms with Crippen molar-refractivity contribution >= 4 is 130 Å². The standard InChI is InChI=1S/C59H35N5OS/c1-3-15-36-30-51-43(27-34(36)13-1)41-19-7-9-21-48(41)63(51)52-32-45-44-28-35-14-2-4-16-37(35)31-53(44)65-54(45)33-47(52)58-60-57(38-25-26-56-46(29-38)42-20-8-12-24-55(42)66-56)61-59(62-58)64-49-22-10-5-17-39(49)40-18-6-11-23-50(40)64/h1-33,57H,(H,60,61,62). The van der Waals surface area contributed by atoms with Gasteiger partial charge in [-0.2, -0.15) is 4.99 Å². The summed E-state index contributed by atoms with van der Waals surface area (Å²) in [7, 11) is 0. The van der Waals surface area contributed by atoms with Crippen molar-refractivity contribution in [1.82, 2.24) is 14.5 Å². The van der Waals surface area contributed by atoms with E-state index in [1.165, 1.54) is 47.1 Å². The number of aromatic nitrogens is 2. The molecule has 66 heavy (non-hydrogen) atoms. The highest BCUT2D eigenvalue weighted by Crippen LogP contribution is 2.42. The molecule has 1 N–H and O–H groups in total.